The van der Waals surface area contributed by atoms with E-state index in [1.54, 1.807) is 0 Å². The summed E-state index contributed by atoms with van der Waals surface area (Å²) in [5.74, 6) is 0. The first-order valence-corrected chi connectivity index (χ1v) is 9.44. The monoisotopic (exact) mass is 293 g/mol. The Balaban J connectivity index is 1.51. The Morgan fingerprint density at radius 2 is 1.81 bits per heavy atom. The minimum Gasteiger partial charge on any atom is -0.313 e. The summed E-state index contributed by atoms with van der Waals surface area (Å²) >= 11 is 0. The summed E-state index contributed by atoms with van der Waals surface area (Å²) in [6.45, 7) is 12.3. The molecule has 2 saturated carbocycles. The van der Waals surface area contributed by atoms with E-state index in [9.17, 15) is 0 Å². The maximum atomic E-state index is 3.83. The van der Waals surface area contributed by atoms with E-state index in [1.165, 1.54) is 84.2 Å². The number of nitrogens with one attached hydrogen (secondary N) is 1. The Kier molecular flexibility index (Phi) is 5.23. The van der Waals surface area contributed by atoms with Gasteiger partial charge in [0.05, 0.1) is 0 Å². The van der Waals surface area contributed by atoms with Gasteiger partial charge in [0.15, 0.2) is 0 Å². The highest BCUT2D eigenvalue weighted by molar-refractivity contribution is 4.94. The van der Waals surface area contributed by atoms with Gasteiger partial charge in [0.25, 0.3) is 0 Å². The van der Waals surface area contributed by atoms with E-state index >= 15 is 0 Å². The van der Waals surface area contributed by atoms with Crippen LogP contribution in [0.2, 0.25) is 0 Å². The summed E-state index contributed by atoms with van der Waals surface area (Å²) in [5.41, 5.74) is 0.598. The second-order valence-electron chi connectivity index (χ2n) is 7.76. The smallest absolute Gasteiger partial charge is 0.0235 e. The lowest BCUT2D eigenvalue weighted by Gasteiger charge is -2.34. The van der Waals surface area contributed by atoms with Crippen LogP contribution in [0.25, 0.3) is 0 Å². The molecule has 1 aliphatic heterocycles. The topological polar surface area (TPSA) is 18.5 Å². The van der Waals surface area contributed by atoms with Gasteiger partial charge in [-0.05, 0) is 57.2 Å². The summed E-state index contributed by atoms with van der Waals surface area (Å²) in [6.07, 6.45) is 10.1. The van der Waals surface area contributed by atoms with E-state index in [-0.39, 0.29) is 0 Å². The molecule has 21 heavy (non-hydrogen) atoms. The average molecular weight is 293 g/mol. The van der Waals surface area contributed by atoms with Gasteiger partial charge < -0.3 is 10.2 Å². The van der Waals surface area contributed by atoms with E-state index in [1.807, 2.05) is 0 Å². The Morgan fingerprint density at radius 3 is 2.43 bits per heavy atom. The molecule has 2 aliphatic carbocycles. The van der Waals surface area contributed by atoms with Gasteiger partial charge in [0.2, 0.25) is 0 Å². The number of likely N-dealkylation sites (N-methyl/N-ethyl adjacent to an activating group) is 1. The zero-order chi connectivity index (χ0) is 14.7. The Bertz CT molecular complexity index is 316. The third kappa shape index (κ3) is 4.00. The minimum atomic E-state index is 0.598. The lowest BCUT2D eigenvalue weighted by atomic mass is 9.85. The van der Waals surface area contributed by atoms with Crippen molar-refractivity contribution in [1.29, 1.82) is 0 Å². The highest BCUT2D eigenvalue weighted by Crippen LogP contribution is 2.39. The van der Waals surface area contributed by atoms with Crippen molar-refractivity contribution < 1.29 is 0 Å². The summed E-state index contributed by atoms with van der Waals surface area (Å²) in [4.78, 5) is 5.44. The molecule has 3 nitrogen and oxygen atoms in total. The van der Waals surface area contributed by atoms with Crippen molar-refractivity contribution in [3.63, 3.8) is 0 Å². The van der Waals surface area contributed by atoms with Crippen LogP contribution < -0.4 is 5.32 Å². The molecular weight excluding hydrogens is 258 g/mol. The molecule has 0 spiro atoms. The van der Waals surface area contributed by atoms with Gasteiger partial charge >= 0.3 is 0 Å². The van der Waals surface area contributed by atoms with Crippen molar-refractivity contribution in [2.24, 2.45) is 5.41 Å². The summed E-state index contributed by atoms with van der Waals surface area (Å²) < 4.78 is 0. The fraction of sp³-hybridized carbons (Fsp3) is 1.00. The number of hydrogen-bond donors (Lipinski definition) is 1. The zero-order valence-electron chi connectivity index (χ0n) is 14.2. The SMILES string of the molecule is CCN(CC)C1CCN(CC2(CNC3CC3)CCCC2)C1. The molecule has 1 saturated heterocycles. The van der Waals surface area contributed by atoms with E-state index in [0.717, 1.165) is 12.1 Å². The van der Waals surface area contributed by atoms with Crippen LogP contribution in [0.15, 0.2) is 0 Å². The number of likely N-dealkylation sites (tertiary alicyclic amines) is 1. The average Bonchev–Trinajstić information content (AvgIpc) is 3.04. The van der Waals surface area contributed by atoms with Crippen molar-refractivity contribution in [2.45, 2.75) is 70.9 Å². The number of nitrogens with zero attached hydrogens (tertiary/aromatic N) is 2. The van der Waals surface area contributed by atoms with Crippen molar-refractivity contribution in [3.8, 4) is 0 Å². The summed E-state index contributed by atoms with van der Waals surface area (Å²) in [6, 6.07) is 1.68. The number of hydrogen-bond acceptors (Lipinski definition) is 3. The van der Waals surface area contributed by atoms with Gasteiger partial charge in [-0.25, -0.2) is 0 Å². The van der Waals surface area contributed by atoms with E-state index < -0.39 is 0 Å². The Morgan fingerprint density at radius 1 is 1.10 bits per heavy atom. The Labute approximate surface area is 131 Å². The molecule has 122 valence electrons. The standard InChI is InChI=1S/C18H35N3/c1-3-21(4-2)17-9-12-20(13-17)15-18(10-5-6-11-18)14-19-16-7-8-16/h16-17,19H,3-15H2,1-2H3. The van der Waals surface area contributed by atoms with Crippen molar-refractivity contribution >= 4 is 0 Å². The molecule has 0 bridgehead atoms. The largest absolute Gasteiger partial charge is 0.313 e. The van der Waals surface area contributed by atoms with Crippen LogP contribution in [0.5, 0.6) is 0 Å². The van der Waals surface area contributed by atoms with Crippen molar-refractivity contribution in [2.75, 3.05) is 39.3 Å². The van der Waals surface area contributed by atoms with Gasteiger partial charge in [-0.1, -0.05) is 26.7 Å². The van der Waals surface area contributed by atoms with E-state index in [2.05, 4.69) is 29.0 Å². The van der Waals surface area contributed by atoms with Gasteiger partial charge in [-0.3, -0.25) is 4.90 Å². The normalized spacial score (nSPS) is 29.6. The fourth-order valence-electron chi connectivity index (χ4n) is 4.63. The van der Waals surface area contributed by atoms with Crippen LogP contribution in [0.1, 0.15) is 58.8 Å². The maximum absolute atomic E-state index is 3.83. The van der Waals surface area contributed by atoms with Crippen LogP contribution in [0.4, 0.5) is 0 Å². The minimum absolute atomic E-state index is 0.598. The molecule has 1 N–H and O–H groups in total. The molecule has 0 aromatic carbocycles. The van der Waals surface area contributed by atoms with Crippen LogP contribution in [-0.4, -0.2) is 61.2 Å². The lowest BCUT2D eigenvalue weighted by Crippen LogP contribution is -2.44. The molecule has 3 aliphatic rings. The van der Waals surface area contributed by atoms with Gasteiger partial charge in [0, 0.05) is 31.7 Å². The molecule has 3 heteroatoms. The van der Waals surface area contributed by atoms with Crippen LogP contribution >= 0.6 is 0 Å². The first kappa shape index (κ1) is 15.8. The quantitative estimate of drug-likeness (QED) is 0.742. The van der Waals surface area contributed by atoms with Gasteiger partial charge in [-0.15, -0.1) is 0 Å². The van der Waals surface area contributed by atoms with Crippen molar-refractivity contribution in [3.05, 3.63) is 0 Å². The zero-order valence-corrected chi connectivity index (χ0v) is 14.2. The highest BCUT2D eigenvalue weighted by Gasteiger charge is 2.38. The van der Waals surface area contributed by atoms with Crippen LogP contribution in [0.3, 0.4) is 0 Å². The summed E-state index contributed by atoms with van der Waals surface area (Å²) in [5, 5.41) is 3.83. The fourth-order valence-corrected chi connectivity index (χ4v) is 4.63. The Hall–Kier alpha value is -0.120. The first-order valence-electron chi connectivity index (χ1n) is 9.44. The molecule has 1 heterocycles. The molecule has 0 amide bonds. The first-order chi connectivity index (χ1) is 10.2. The molecule has 0 aromatic rings. The van der Waals surface area contributed by atoms with Crippen LogP contribution in [0, 0.1) is 5.41 Å². The highest BCUT2D eigenvalue weighted by atomic mass is 15.3. The summed E-state index contributed by atoms with van der Waals surface area (Å²) in [7, 11) is 0. The molecule has 1 unspecified atom stereocenters. The molecule has 3 fully saturated rings. The van der Waals surface area contributed by atoms with Gasteiger partial charge in [0.1, 0.15) is 0 Å². The van der Waals surface area contributed by atoms with E-state index in [0.29, 0.717) is 5.41 Å². The third-order valence-corrected chi connectivity index (χ3v) is 6.14. The molecular formula is C18H35N3. The second-order valence-corrected chi connectivity index (χ2v) is 7.76. The lowest BCUT2D eigenvalue weighted by molar-refractivity contribution is 0.154. The molecule has 0 radical (unpaired) electrons. The molecule has 3 rings (SSSR count). The van der Waals surface area contributed by atoms with Gasteiger partial charge in [-0.2, -0.15) is 0 Å². The second kappa shape index (κ2) is 6.97. The van der Waals surface area contributed by atoms with E-state index in [4.69, 9.17) is 0 Å². The number of rotatable bonds is 8. The predicted molar refractivity (Wildman–Crippen MR) is 89.7 cm³/mol. The molecule has 0 aromatic heterocycles. The predicted octanol–water partition coefficient (Wildman–Crippen LogP) is 2.71. The third-order valence-electron chi connectivity index (χ3n) is 6.14. The van der Waals surface area contributed by atoms with Crippen LogP contribution in [-0.2, 0) is 0 Å². The molecule has 1 atom stereocenters. The maximum Gasteiger partial charge on any atom is 0.0235 e. The van der Waals surface area contributed by atoms with Crippen molar-refractivity contribution in [1.82, 2.24) is 15.1 Å².